The number of rotatable bonds is 1. The number of carbonyl (C=O) groups excluding carboxylic acids is 1. The second-order valence-corrected chi connectivity index (χ2v) is 3.52. The van der Waals surface area contributed by atoms with Gasteiger partial charge < -0.3 is 10.2 Å². The smallest absolute Gasteiger partial charge is 0.179 e. The molecule has 3 nitrogen and oxygen atoms in total. The van der Waals surface area contributed by atoms with E-state index in [1.165, 1.54) is 30.4 Å². The molecule has 0 amide bonds. The van der Waals surface area contributed by atoms with Crippen LogP contribution in [0.1, 0.15) is 5.56 Å². The molecule has 0 aliphatic heterocycles. The Bertz CT molecular complexity index is 536. The molecule has 0 heterocycles. The summed E-state index contributed by atoms with van der Waals surface area (Å²) in [6.45, 7) is 3.78. The quantitative estimate of drug-likeness (QED) is 0.704. The predicted molar refractivity (Wildman–Crippen MR) is 61.0 cm³/mol. The van der Waals surface area contributed by atoms with Crippen molar-refractivity contribution in [1.29, 1.82) is 0 Å². The summed E-state index contributed by atoms with van der Waals surface area (Å²) >= 11 is 0. The van der Waals surface area contributed by atoms with Crippen LogP contribution in [0.15, 0.2) is 48.6 Å². The Hall–Kier alpha value is -2.29. The van der Waals surface area contributed by atoms with Crippen molar-refractivity contribution in [2.45, 2.75) is 0 Å². The number of hydrogen-bond acceptors (Lipinski definition) is 3. The van der Waals surface area contributed by atoms with Crippen LogP contribution >= 0.6 is 0 Å². The van der Waals surface area contributed by atoms with E-state index in [2.05, 4.69) is 6.58 Å². The van der Waals surface area contributed by atoms with E-state index >= 15 is 0 Å². The van der Waals surface area contributed by atoms with Gasteiger partial charge >= 0.3 is 0 Å². The SMILES string of the molecule is C=C1C=CC(=O)C=C1c1cc(O)ccc1O. The van der Waals surface area contributed by atoms with Gasteiger partial charge in [0.2, 0.25) is 0 Å². The van der Waals surface area contributed by atoms with Crippen LogP contribution in [0.5, 0.6) is 11.5 Å². The number of aromatic hydroxyl groups is 2. The highest BCUT2D eigenvalue weighted by molar-refractivity contribution is 6.10. The van der Waals surface area contributed by atoms with E-state index in [1.807, 2.05) is 0 Å². The van der Waals surface area contributed by atoms with Gasteiger partial charge in [0, 0.05) is 5.56 Å². The fraction of sp³-hybridized carbons (Fsp3) is 0. The molecular weight excluding hydrogens is 204 g/mol. The van der Waals surface area contributed by atoms with Gasteiger partial charge in [0.05, 0.1) is 0 Å². The topological polar surface area (TPSA) is 57.5 Å². The summed E-state index contributed by atoms with van der Waals surface area (Å²) in [5.41, 5.74) is 1.56. The molecule has 1 aromatic rings. The van der Waals surface area contributed by atoms with Gasteiger partial charge in [0.1, 0.15) is 11.5 Å². The molecule has 0 saturated heterocycles. The fourth-order valence-electron chi connectivity index (χ4n) is 1.55. The molecule has 0 fully saturated rings. The van der Waals surface area contributed by atoms with Gasteiger partial charge in [0.25, 0.3) is 0 Å². The van der Waals surface area contributed by atoms with Crippen molar-refractivity contribution >= 4 is 11.4 Å². The van der Waals surface area contributed by atoms with E-state index in [1.54, 1.807) is 6.08 Å². The van der Waals surface area contributed by atoms with Crippen molar-refractivity contribution in [3.8, 4) is 11.5 Å². The second kappa shape index (κ2) is 3.70. The van der Waals surface area contributed by atoms with Gasteiger partial charge in [-0.1, -0.05) is 12.7 Å². The molecule has 1 aliphatic carbocycles. The Labute approximate surface area is 92.7 Å². The Kier molecular flexibility index (Phi) is 2.37. The number of phenols is 2. The average molecular weight is 214 g/mol. The summed E-state index contributed by atoms with van der Waals surface area (Å²) in [6.07, 6.45) is 4.38. The lowest BCUT2D eigenvalue weighted by atomic mass is 9.93. The molecule has 2 rings (SSSR count). The third-order valence-electron chi connectivity index (χ3n) is 2.35. The molecule has 0 atom stereocenters. The number of carbonyl (C=O) groups is 1. The third-order valence-corrected chi connectivity index (χ3v) is 2.35. The lowest BCUT2D eigenvalue weighted by molar-refractivity contribution is -0.110. The first-order valence-electron chi connectivity index (χ1n) is 4.73. The number of hydrogen-bond donors (Lipinski definition) is 2. The second-order valence-electron chi connectivity index (χ2n) is 3.52. The molecule has 0 aromatic heterocycles. The van der Waals surface area contributed by atoms with Crippen molar-refractivity contribution in [2.24, 2.45) is 0 Å². The number of allylic oxidation sites excluding steroid dienone is 5. The molecule has 1 aromatic carbocycles. The van der Waals surface area contributed by atoms with Crippen LogP contribution in [0.25, 0.3) is 5.57 Å². The maximum atomic E-state index is 11.2. The Balaban J connectivity index is 2.56. The molecule has 3 heteroatoms. The highest BCUT2D eigenvalue weighted by Crippen LogP contribution is 2.34. The van der Waals surface area contributed by atoms with E-state index in [4.69, 9.17) is 0 Å². The van der Waals surface area contributed by atoms with Crippen molar-refractivity contribution < 1.29 is 15.0 Å². The van der Waals surface area contributed by atoms with Crippen LogP contribution in [0.4, 0.5) is 0 Å². The van der Waals surface area contributed by atoms with E-state index in [9.17, 15) is 15.0 Å². The highest BCUT2D eigenvalue weighted by Gasteiger charge is 2.14. The van der Waals surface area contributed by atoms with E-state index < -0.39 is 0 Å². The number of phenolic OH excluding ortho intramolecular Hbond substituents is 2. The van der Waals surface area contributed by atoms with Crippen molar-refractivity contribution in [3.05, 3.63) is 54.1 Å². The average Bonchev–Trinajstić information content (AvgIpc) is 2.25. The largest absolute Gasteiger partial charge is 0.508 e. The minimum atomic E-state index is -0.162. The zero-order valence-electron chi connectivity index (χ0n) is 8.47. The molecule has 80 valence electrons. The van der Waals surface area contributed by atoms with Gasteiger partial charge in [0.15, 0.2) is 5.78 Å². The van der Waals surface area contributed by atoms with Crippen LogP contribution in [0.2, 0.25) is 0 Å². The van der Waals surface area contributed by atoms with Crippen LogP contribution in [-0.4, -0.2) is 16.0 Å². The Morgan fingerprint density at radius 1 is 1.12 bits per heavy atom. The predicted octanol–water partition coefficient (Wildman–Crippen LogP) is 2.18. The molecule has 0 spiro atoms. The van der Waals surface area contributed by atoms with Crippen LogP contribution < -0.4 is 0 Å². The van der Waals surface area contributed by atoms with Crippen LogP contribution in [0.3, 0.4) is 0 Å². The minimum Gasteiger partial charge on any atom is -0.508 e. The normalized spacial score (nSPS) is 15.1. The molecule has 16 heavy (non-hydrogen) atoms. The van der Waals surface area contributed by atoms with E-state index in [0.29, 0.717) is 16.7 Å². The molecule has 2 N–H and O–H groups in total. The van der Waals surface area contributed by atoms with E-state index in [-0.39, 0.29) is 17.3 Å². The Morgan fingerprint density at radius 3 is 2.62 bits per heavy atom. The van der Waals surface area contributed by atoms with Crippen LogP contribution in [-0.2, 0) is 4.79 Å². The summed E-state index contributed by atoms with van der Waals surface area (Å²) in [6, 6.07) is 4.16. The third kappa shape index (κ3) is 1.75. The van der Waals surface area contributed by atoms with Gasteiger partial charge in [-0.05, 0) is 41.5 Å². The van der Waals surface area contributed by atoms with Gasteiger partial charge in [-0.15, -0.1) is 0 Å². The standard InChI is InChI=1S/C13H10O3/c1-8-2-3-9(14)6-11(8)12-7-10(15)4-5-13(12)16/h2-7,15-16H,1H2. The molecule has 0 saturated carbocycles. The maximum Gasteiger partial charge on any atom is 0.179 e. The number of ketones is 1. The molecule has 0 unspecified atom stereocenters. The van der Waals surface area contributed by atoms with Crippen molar-refractivity contribution in [2.75, 3.05) is 0 Å². The van der Waals surface area contributed by atoms with Gasteiger partial charge in [-0.25, -0.2) is 0 Å². The molecule has 1 aliphatic rings. The lowest BCUT2D eigenvalue weighted by Crippen LogP contribution is -1.98. The van der Waals surface area contributed by atoms with Crippen molar-refractivity contribution in [3.63, 3.8) is 0 Å². The van der Waals surface area contributed by atoms with Gasteiger partial charge in [-0.2, -0.15) is 0 Å². The summed E-state index contributed by atoms with van der Waals surface area (Å²) in [4.78, 5) is 11.2. The summed E-state index contributed by atoms with van der Waals surface area (Å²) in [5.74, 6) is -0.123. The monoisotopic (exact) mass is 214 g/mol. The first-order valence-corrected chi connectivity index (χ1v) is 4.73. The lowest BCUT2D eigenvalue weighted by Gasteiger charge is -2.12. The molecular formula is C13H10O3. The van der Waals surface area contributed by atoms with E-state index in [0.717, 1.165) is 0 Å². The molecule has 0 bridgehead atoms. The summed E-state index contributed by atoms with van der Waals surface area (Å²) < 4.78 is 0. The van der Waals surface area contributed by atoms with Crippen molar-refractivity contribution in [1.82, 2.24) is 0 Å². The zero-order chi connectivity index (χ0) is 11.7. The summed E-state index contributed by atoms with van der Waals surface area (Å²) in [5, 5.41) is 19.0. The fourth-order valence-corrected chi connectivity index (χ4v) is 1.55. The number of benzene rings is 1. The Morgan fingerprint density at radius 2 is 1.88 bits per heavy atom. The maximum absolute atomic E-state index is 11.2. The first-order chi connectivity index (χ1) is 7.58. The minimum absolute atomic E-state index is 0.00769. The van der Waals surface area contributed by atoms with Crippen LogP contribution in [0, 0.1) is 0 Å². The van der Waals surface area contributed by atoms with Gasteiger partial charge in [-0.3, -0.25) is 4.79 Å². The first kappa shape index (κ1) is 10.2. The summed E-state index contributed by atoms with van der Waals surface area (Å²) in [7, 11) is 0. The highest BCUT2D eigenvalue weighted by atomic mass is 16.3. The zero-order valence-corrected chi connectivity index (χ0v) is 8.47. The molecule has 0 radical (unpaired) electrons.